The predicted molar refractivity (Wildman–Crippen MR) is 177 cm³/mol. The monoisotopic (exact) mass is 619 g/mol. The van der Waals surface area contributed by atoms with E-state index >= 15 is 0 Å². The molecule has 3 aromatic rings. The molecule has 4 atom stereocenters. The van der Waals surface area contributed by atoms with E-state index in [4.69, 9.17) is 0 Å². The number of β-amino-alcohol motifs (C(OH)–C–C–N with tert-alkyl or cyclic N) is 1. The first-order valence-electron chi connectivity index (χ1n) is 15.4. The van der Waals surface area contributed by atoms with Crippen molar-refractivity contribution in [2.75, 3.05) is 18.8 Å². The average Bonchev–Trinajstić information content (AvgIpc) is 2.99. The van der Waals surface area contributed by atoms with Crippen molar-refractivity contribution in [3.8, 4) is 0 Å². The van der Waals surface area contributed by atoms with Crippen LogP contribution >= 0.6 is 12.6 Å². The van der Waals surface area contributed by atoms with E-state index in [1.165, 1.54) is 0 Å². The molecule has 0 bridgehead atoms. The molecule has 4 N–H and O–H groups in total. The van der Waals surface area contributed by atoms with Crippen LogP contribution in [0.15, 0.2) is 66.7 Å². The Morgan fingerprint density at radius 2 is 1.73 bits per heavy atom. The SMILES string of the molecule is CC(C)(C)NC(=O)C[C@@H]1CCCCN1C[C@@H](O)[C@H](Cc1ccccc1)NC(=O)[C@H](CS)NC(=O)c1ccc2ccccc2n1. The number of pyridine rings is 1. The molecule has 2 aromatic carbocycles. The van der Waals surface area contributed by atoms with Crippen LogP contribution in [-0.4, -0.2) is 81.3 Å². The van der Waals surface area contributed by atoms with E-state index in [1.54, 1.807) is 6.07 Å². The highest BCUT2D eigenvalue weighted by Gasteiger charge is 2.32. The Labute approximate surface area is 265 Å². The van der Waals surface area contributed by atoms with Gasteiger partial charge in [-0.25, -0.2) is 4.98 Å². The molecule has 10 heteroatoms. The zero-order chi connectivity index (χ0) is 31.7. The van der Waals surface area contributed by atoms with Gasteiger partial charge >= 0.3 is 0 Å². The lowest BCUT2D eigenvalue weighted by Gasteiger charge is -2.38. The number of carbonyl (C=O) groups is 3. The quantitative estimate of drug-likeness (QED) is 0.198. The summed E-state index contributed by atoms with van der Waals surface area (Å²) in [4.78, 5) is 45.9. The summed E-state index contributed by atoms with van der Waals surface area (Å²) in [6.45, 7) is 6.96. The number of thiol groups is 1. The third-order valence-electron chi connectivity index (χ3n) is 7.83. The Bertz CT molecular complexity index is 1410. The van der Waals surface area contributed by atoms with E-state index in [9.17, 15) is 19.5 Å². The summed E-state index contributed by atoms with van der Waals surface area (Å²) in [5, 5.41) is 21.3. The summed E-state index contributed by atoms with van der Waals surface area (Å²) in [6.07, 6.45) is 2.72. The normalized spacial score (nSPS) is 17.8. The molecule has 1 fully saturated rings. The van der Waals surface area contributed by atoms with Gasteiger partial charge in [0.05, 0.1) is 17.7 Å². The molecular formula is C34H45N5O4S. The fourth-order valence-corrected chi connectivity index (χ4v) is 5.89. The molecular weight excluding hydrogens is 574 g/mol. The molecule has 3 amide bonds. The molecule has 9 nitrogen and oxygen atoms in total. The zero-order valence-corrected chi connectivity index (χ0v) is 26.7. The maximum absolute atomic E-state index is 13.5. The summed E-state index contributed by atoms with van der Waals surface area (Å²) in [5.41, 5.74) is 1.54. The van der Waals surface area contributed by atoms with Crippen molar-refractivity contribution in [3.63, 3.8) is 0 Å². The van der Waals surface area contributed by atoms with Gasteiger partial charge in [-0.15, -0.1) is 0 Å². The van der Waals surface area contributed by atoms with Crippen LogP contribution in [-0.2, 0) is 16.0 Å². The number of piperidine rings is 1. The van der Waals surface area contributed by atoms with Gasteiger partial charge in [-0.05, 0) is 64.3 Å². The second-order valence-electron chi connectivity index (χ2n) is 12.6. The summed E-state index contributed by atoms with van der Waals surface area (Å²) in [6, 6.07) is 19.1. The molecule has 1 saturated heterocycles. The Morgan fingerprint density at radius 1 is 1.00 bits per heavy atom. The van der Waals surface area contributed by atoms with Crippen molar-refractivity contribution in [2.24, 2.45) is 0 Å². The highest BCUT2D eigenvalue weighted by atomic mass is 32.1. The number of aliphatic hydroxyl groups is 1. The number of aliphatic hydroxyl groups excluding tert-OH is 1. The van der Waals surface area contributed by atoms with Gasteiger partial charge in [-0.3, -0.25) is 19.3 Å². The summed E-state index contributed by atoms with van der Waals surface area (Å²) < 4.78 is 0. The van der Waals surface area contributed by atoms with Gasteiger partial charge in [-0.1, -0.05) is 61.0 Å². The first-order chi connectivity index (χ1) is 21.0. The van der Waals surface area contributed by atoms with Gasteiger partial charge in [0.2, 0.25) is 11.8 Å². The number of hydrogen-bond acceptors (Lipinski definition) is 7. The molecule has 0 saturated carbocycles. The minimum Gasteiger partial charge on any atom is -0.390 e. The van der Waals surface area contributed by atoms with Crippen LogP contribution in [0.5, 0.6) is 0 Å². The number of para-hydroxylation sites is 1. The molecule has 2 heterocycles. The largest absolute Gasteiger partial charge is 0.390 e. The van der Waals surface area contributed by atoms with Gasteiger partial charge in [0.1, 0.15) is 11.7 Å². The zero-order valence-electron chi connectivity index (χ0n) is 25.8. The van der Waals surface area contributed by atoms with Crippen molar-refractivity contribution in [2.45, 2.75) is 82.6 Å². The minimum absolute atomic E-state index is 0.00718. The van der Waals surface area contributed by atoms with E-state index in [-0.39, 0.29) is 28.9 Å². The van der Waals surface area contributed by atoms with E-state index in [0.717, 1.165) is 36.8 Å². The summed E-state index contributed by atoms with van der Waals surface area (Å²) in [5.74, 6) is -0.855. The fraction of sp³-hybridized carbons (Fsp3) is 0.471. The first-order valence-corrected chi connectivity index (χ1v) is 16.0. The maximum Gasteiger partial charge on any atom is 0.270 e. The van der Waals surface area contributed by atoms with Crippen LogP contribution in [0, 0.1) is 0 Å². The lowest BCUT2D eigenvalue weighted by atomic mass is 9.95. The number of likely N-dealkylation sites (tertiary alicyclic amines) is 1. The first kappa shape index (κ1) is 33.4. The van der Waals surface area contributed by atoms with Crippen LogP contribution < -0.4 is 16.0 Å². The number of rotatable bonds is 12. The Morgan fingerprint density at radius 3 is 2.45 bits per heavy atom. The molecule has 4 rings (SSSR count). The summed E-state index contributed by atoms with van der Waals surface area (Å²) in [7, 11) is 0. The highest BCUT2D eigenvalue weighted by Crippen LogP contribution is 2.22. The van der Waals surface area contributed by atoms with Crippen LogP contribution in [0.25, 0.3) is 10.9 Å². The van der Waals surface area contributed by atoms with Crippen LogP contribution in [0.4, 0.5) is 0 Å². The average molecular weight is 620 g/mol. The lowest BCUT2D eigenvalue weighted by Crippen LogP contribution is -2.57. The van der Waals surface area contributed by atoms with E-state index in [1.807, 2.05) is 81.4 Å². The van der Waals surface area contributed by atoms with Gasteiger partial charge in [-0.2, -0.15) is 12.6 Å². The number of fused-ring (bicyclic) bond motifs is 1. The molecule has 1 aliphatic heterocycles. The standard InChI is InChI=1S/C34H45N5O4S/c1-34(2,3)38-31(41)20-25-14-9-10-18-39(25)21-30(40)28(19-23-11-5-4-6-12-23)36-33(43)29(22-44)37-32(42)27-17-16-24-13-7-8-15-26(24)35-27/h4-8,11-13,15-17,25,28-30,40,44H,9-10,14,18-22H2,1-3H3,(H,36,43)(H,37,42)(H,38,41)/t25-,28-,29-,30+/m0/s1. The molecule has 236 valence electrons. The minimum atomic E-state index is -0.937. The van der Waals surface area contributed by atoms with Crippen molar-refractivity contribution in [1.82, 2.24) is 25.8 Å². The molecule has 1 aliphatic rings. The second kappa shape index (κ2) is 15.5. The summed E-state index contributed by atoms with van der Waals surface area (Å²) >= 11 is 4.35. The number of nitrogens with one attached hydrogen (secondary N) is 3. The van der Waals surface area contributed by atoms with E-state index < -0.39 is 30.0 Å². The highest BCUT2D eigenvalue weighted by molar-refractivity contribution is 7.80. The molecule has 0 spiro atoms. The van der Waals surface area contributed by atoms with Gasteiger partial charge < -0.3 is 21.1 Å². The van der Waals surface area contributed by atoms with Crippen molar-refractivity contribution >= 4 is 41.3 Å². The number of benzene rings is 2. The van der Waals surface area contributed by atoms with Crippen LogP contribution in [0.2, 0.25) is 0 Å². The third-order valence-corrected chi connectivity index (χ3v) is 8.20. The van der Waals surface area contributed by atoms with Crippen LogP contribution in [0.1, 0.15) is 62.5 Å². The topological polar surface area (TPSA) is 124 Å². The Kier molecular flexibility index (Phi) is 11.8. The van der Waals surface area contributed by atoms with E-state index in [2.05, 4.69) is 38.5 Å². The van der Waals surface area contributed by atoms with Crippen molar-refractivity contribution < 1.29 is 19.5 Å². The number of nitrogens with zero attached hydrogens (tertiary/aromatic N) is 2. The molecule has 0 radical (unpaired) electrons. The number of carbonyl (C=O) groups excluding carboxylic acids is 3. The Balaban J connectivity index is 1.45. The van der Waals surface area contributed by atoms with E-state index in [0.29, 0.717) is 24.9 Å². The van der Waals surface area contributed by atoms with Gasteiger partial charge in [0.15, 0.2) is 0 Å². The smallest absolute Gasteiger partial charge is 0.270 e. The van der Waals surface area contributed by atoms with Gasteiger partial charge in [0, 0.05) is 35.7 Å². The molecule has 0 aliphatic carbocycles. The van der Waals surface area contributed by atoms with Crippen molar-refractivity contribution in [1.29, 1.82) is 0 Å². The lowest BCUT2D eigenvalue weighted by molar-refractivity contribution is -0.124. The number of amides is 3. The van der Waals surface area contributed by atoms with Crippen molar-refractivity contribution in [3.05, 3.63) is 78.0 Å². The van der Waals surface area contributed by atoms with Crippen LogP contribution in [0.3, 0.4) is 0 Å². The van der Waals surface area contributed by atoms with Gasteiger partial charge in [0.25, 0.3) is 5.91 Å². The molecule has 0 unspecified atom stereocenters. The molecule has 44 heavy (non-hydrogen) atoms. The Hall–Kier alpha value is -3.47. The molecule has 1 aromatic heterocycles. The fourth-order valence-electron chi connectivity index (χ4n) is 5.64. The number of aromatic nitrogens is 1. The number of hydrogen-bond donors (Lipinski definition) is 5. The second-order valence-corrected chi connectivity index (χ2v) is 13.0. The maximum atomic E-state index is 13.5. The predicted octanol–water partition coefficient (Wildman–Crippen LogP) is 3.51. The third kappa shape index (κ3) is 9.77.